The van der Waals surface area contributed by atoms with Gasteiger partial charge in [-0.25, -0.2) is 0 Å². The molecule has 5 heteroatoms. The lowest BCUT2D eigenvalue weighted by molar-refractivity contribution is 0.100. The van der Waals surface area contributed by atoms with Crippen molar-refractivity contribution >= 4 is 18.9 Å². The highest BCUT2D eigenvalue weighted by Crippen LogP contribution is 2.00. The number of primary amides is 1. The van der Waals surface area contributed by atoms with Crippen molar-refractivity contribution in [2.75, 3.05) is 0 Å². The molecule has 0 bridgehead atoms. The van der Waals surface area contributed by atoms with Crippen molar-refractivity contribution in [3.05, 3.63) is 29.3 Å². The van der Waals surface area contributed by atoms with Crippen LogP contribution in [0.2, 0.25) is 0 Å². The third-order valence-corrected chi connectivity index (χ3v) is 1.74. The fraction of sp³-hybridized carbons (Fsp3) is 0.125. The Labute approximate surface area is 76.3 Å². The summed E-state index contributed by atoms with van der Waals surface area (Å²) in [7, 11) is 0.831. The van der Waals surface area contributed by atoms with Crippen LogP contribution in [0, 0.1) is 0 Å². The monoisotopic (exact) mass is 178 g/mol. The van der Waals surface area contributed by atoms with Gasteiger partial charge in [-0.1, -0.05) is 12.1 Å². The molecule has 0 aliphatic carbocycles. The van der Waals surface area contributed by atoms with E-state index >= 15 is 0 Å². The maximum Gasteiger partial charge on any atom is 0.327 e. The van der Waals surface area contributed by atoms with Crippen LogP contribution < -0.4 is 11.2 Å². The Morgan fingerprint density at radius 2 is 2.23 bits per heavy atom. The molecule has 1 radical (unpaired) electrons. The number of carbonyl (C=O) groups is 1. The van der Waals surface area contributed by atoms with Crippen molar-refractivity contribution in [1.82, 2.24) is 0 Å². The van der Waals surface area contributed by atoms with E-state index in [4.69, 9.17) is 15.9 Å². The minimum atomic E-state index is -0.562. The maximum absolute atomic E-state index is 10.7. The zero-order valence-corrected chi connectivity index (χ0v) is 6.90. The highest BCUT2D eigenvalue weighted by molar-refractivity contribution is 6.46. The average Bonchev–Trinajstić information content (AvgIpc) is 2.16. The average molecular weight is 178 g/mol. The summed E-state index contributed by atoms with van der Waals surface area (Å²) in [5.41, 5.74) is 6.29. The number of carbonyl (C=O) groups excluding carboxylic acids is 1. The standard InChI is InChI=1S/C8H9BNO3/c10-8(12)5-1-2-6(4-11)7(3-5)9-13/h1-3,11,13H,4H2,(H2,10,12). The van der Waals surface area contributed by atoms with Gasteiger partial charge in [-0.05, 0) is 17.1 Å². The summed E-state index contributed by atoms with van der Waals surface area (Å²) in [4.78, 5) is 10.7. The van der Waals surface area contributed by atoms with Gasteiger partial charge in [-0.3, -0.25) is 4.79 Å². The number of aliphatic hydroxyl groups excluding tert-OH is 1. The van der Waals surface area contributed by atoms with Gasteiger partial charge in [-0.2, -0.15) is 0 Å². The topological polar surface area (TPSA) is 83.6 Å². The molecule has 0 aliphatic rings. The zero-order chi connectivity index (χ0) is 9.84. The Kier molecular flexibility index (Phi) is 3.05. The fourth-order valence-electron chi connectivity index (χ4n) is 1.01. The lowest BCUT2D eigenvalue weighted by Crippen LogP contribution is -2.22. The molecule has 1 rings (SSSR count). The summed E-state index contributed by atoms with van der Waals surface area (Å²) in [6.07, 6.45) is 0. The lowest BCUT2D eigenvalue weighted by Gasteiger charge is -2.04. The van der Waals surface area contributed by atoms with E-state index in [1.54, 1.807) is 6.07 Å². The SMILES string of the molecule is NC(=O)c1ccc(CO)c([B]O)c1. The Bertz CT molecular complexity index is 327. The van der Waals surface area contributed by atoms with Gasteiger partial charge >= 0.3 is 7.48 Å². The van der Waals surface area contributed by atoms with Gasteiger partial charge < -0.3 is 15.9 Å². The van der Waals surface area contributed by atoms with Crippen LogP contribution in [0.5, 0.6) is 0 Å². The zero-order valence-electron chi connectivity index (χ0n) is 6.90. The number of amides is 1. The number of rotatable bonds is 3. The van der Waals surface area contributed by atoms with Crippen LogP contribution in [0.3, 0.4) is 0 Å². The van der Waals surface area contributed by atoms with E-state index in [1.165, 1.54) is 12.1 Å². The molecule has 1 aromatic rings. The van der Waals surface area contributed by atoms with Gasteiger partial charge in [0.1, 0.15) is 0 Å². The third kappa shape index (κ3) is 2.08. The van der Waals surface area contributed by atoms with Gasteiger partial charge in [0.05, 0.1) is 6.61 Å². The minimum absolute atomic E-state index is 0.189. The molecule has 0 saturated carbocycles. The molecule has 1 aromatic carbocycles. The number of aliphatic hydroxyl groups is 1. The molecule has 0 atom stereocenters. The third-order valence-electron chi connectivity index (χ3n) is 1.74. The molecule has 67 valence electrons. The Morgan fingerprint density at radius 1 is 1.54 bits per heavy atom. The summed E-state index contributed by atoms with van der Waals surface area (Å²) in [6, 6.07) is 4.47. The Hall–Kier alpha value is -1.33. The first-order valence-corrected chi connectivity index (χ1v) is 3.70. The maximum atomic E-state index is 10.7. The van der Waals surface area contributed by atoms with Gasteiger partial charge in [0.2, 0.25) is 5.91 Å². The van der Waals surface area contributed by atoms with E-state index in [1.807, 2.05) is 0 Å². The fourth-order valence-corrected chi connectivity index (χ4v) is 1.01. The highest BCUT2D eigenvalue weighted by Gasteiger charge is 2.06. The second kappa shape index (κ2) is 4.07. The van der Waals surface area contributed by atoms with Crippen LogP contribution >= 0.6 is 0 Å². The van der Waals surface area contributed by atoms with Crippen LogP contribution in [0.25, 0.3) is 0 Å². The predicted octanol–water partition coefficient (Wildman–Crippen LogP) is -1.49. The minimum Gasteiger partial charge on any atom is -0.450 e. The smallest absolute Gasteiger partial charge is 0.327 e. The van der Waals surface area contributed by atoms with Crippen molar-refractivity contribution in [3.8, 4) is 0 Å². The quantitative estimate of drug-likeness (QED) is 0.493. The molecule has 4 N–H and O–H groups in total. The largest absolute Gasteiger partial charge is 0.450 e. The van der Waals surface area contributed by atoms with Crippen molar-refractivity contribution in [1.29, 1.82) is 0 Å². The molecule has 4 nitrogen and oxygen atoms in total. The predicted molar refractivity (Wildman–Crippen MR) is 48.5 cm³/mol. The van der Waals surface area contributed by atoms with Gasteiger partial charge in [0.25, 0.3) is 0 Å². The van der Waals surface area contributed by atoms with Crippen molar-refractivity contribution in [3.63, 3.8) is 0 Å². The number of nitrogens with two attached hydrogens (primary N) is 1. The van der Waals surface area contributed by atoms with Gasteiger partial charge in [0.15, 0.2) is 0 Å². The van der Waals surface area contributed by atoms with E-state index in [-0.39, 0.29) is 6.61 Å². The van der Waals surface area contributed by atoms with Crippen LogP contribution in [0.1, 0.15) is 15.9 Å². The molecule has 0 heterocycles. The molecule has 0 unspecified atom stereocenters. The molecule has 0 aromatic heterocycles. The normalized spacial score (nSPS) is 9.69. The molecule has 0 aliphatic heterocycles. The number of hydrogen-bond donors (Lipinski definition) is 3. The molecule has 0 fully saturated rings. The van der Waals surface area contributed by atoms with E-state index in [0.717, 1.165) is 7.48 Å². The van der Waals surface area contributed by atoms with Crippen LogP contribution in [-0.2, 0) is 6.61 Å². The molecular weight excluding hydrogens is 169 g/mol. The first kappa shape index (κ1) is 9.76. The van der Waals surface area contributed by atoms with Crippen molar-refractivity contribution in [2.24, 2.45) is 5.73 Å². The number of benzene rings is 1. The second-order valence-electron chi connectivity index (χ2n) is 2.57. The first-order chi connectivity index (χ1) is 6.19. The Morgan fingerprint density at radius 3 is 2.69 bits per heavy atom. The van der Waals surface area contributed by atoms with Crippen LogP contribution in [0.4, 0.5) is 0 Å². The van der Waals surface area contributed by atoms with E-state index in [2.05, 4.69) is 0 Å². The van der Waals surface area contributed by atoms with Gasteiger partial charge in [-0.15, -0.1) is 0 Å². The summed E-state index contributed by atoms with van der Waals surface area (Å²) < 4.78 is 0. The van der Waals surface area contributed by atoms with E-state index < -0.39 is 5.91 Å². The van der Waals surface area contributed by atoms with Crippen molar-refractivity contribution in [2.45, 2.75) is 6.61 Å². The first-order valence-electron chi connectivity index (χ1n) is 3.70. The molecule has 1 amide bonds. The van der Waals surface area contributed by atoms with E-state index in [9.17, 15) is 4.79 Å². The van der Waals surface area contributed by atoms with Gasteiger partial charge in [0, 0.05) is 5.56 Å². The number of hydrogen-bond acceptors (Lipinski definition) is 3. The van der Waals surface area contributed by atoms with E-state index in [0.29, 0.717) is 16.6 Å². The summed E-state index contributed by atoms with van der Waals surface area (Å²) in [5, 5.41) is 17.6. The van der Waals surface area contributed by atoms with Crippen LogP contribution in [0.15, 0.2) is 18.2 Å². The summed E-state index contributed by atoms with van der Waals surface area (Å²) >= 11 is 0. The highest BCUT2D eigenvalue weighted by atomic mass is 16.3. The Balaban J connectivity index is 3.13. The molecule has 13 heavy (non-hydrogen) atoms. The second-order valence-corrected chi connectivity index (χ2v) is 2.57. The lowest BCUT2D eigenvalue weighted by atomic mass is 9.83. The summed E-state index contributed by atoms with van der Waals surface area (Å²) in [6.45, 7) is -0.189. The summed E-state index contributed by atoms with van der Waals surface area (Å²) in [5.74, 6) is -0.562. The van der Waals surface area contributed by atoms with Crippen molar-refractivity contribution < 1.29 is 14.9 Å². The molecule has 0 spiro atoms. The molecule has 0 saturated heterocycles. The molecular formula is C8H9BNO3. The van der Waals surface area contributed by atoms with Crippen LogP contribution in [-0.4, -0.2) is 23.5 Å².